The molecule has 1 N–H and O–H groups in total. The predicted octanol–water partition coefficient (Wildman–Crippen LogP) is 4.98. The molecule has 0 radical (unpaired) electrons. The summed E-state index contributed by atoms with van der Waals surface area (Å²) in [6.07, 6.45) is 7.75. The fourth-order valence-corrected chi connectivity index (χ4v) is 3.13. The Hall–Kier alpha value is -1.34. The van der Waals surface area contributed by atoms with Gasteiger partial charge in [0.2, 0.25) is 0 Å². The molecule has 0 fully saturated rings. The highest BCUT2D eigenvalue weighted by molar-refractivity contribution is 5.36. The Bertz CT molecular complexity index is 518. The largest absolute Gasteiger partial charge is 0.381 e. The number of allylic oxidation sites excluding steroid dienone is 3. The van der Waals surface area contributed by atoms with Crippen LogP contribution in [0.1, 0.15) is 52.5 Å². The van der Waals surface area contributed by atoms with Crippen molar-refractivity contribution in [2.45, 2.75) is 52.6 Å². The molecule has 1 nitrogen and oxygen atoms in total. The van der Waals surface area contributed by atoms with Crippen LogP contribution in [0.2, 0.25) is 0 Å². The van der Waals surface area contributed by atoms with Gasteiger partial charge in [-0.3, -0.25) is 0 Å². The first-order chi connectivity index (χ1) is 9.33. The minimum absolute atomic E-state index is 0.214. The van der Waals surface area contributed by atoms with Crippen molar-refractivity contribution in [2.24, 2.45) is 5.41 Å². The molecule has 108 valence electrons. The zero-order valence-electron chi connectivity index (χ0n) is 13.1. The molecular weight excluding hydrogens is 244 g/mol. The van der Waals surface area contributed by atoms with E-state index in [-0.39, 0.29) is 5.41 Å². The Morgan fingerprint density at radius 3 is 2.45 bits per heavy atom. The molecule has 0 aromatic heterocycles. The zero-order chi connectivity index (χ0) is 14.8. The molecule has 0 aliphatic heterocycles. The summed E-state index contributed by atoms with van der Waals surface area (Å²) in [5.74, 6) is 0. The normalized spacial score (nSPS) is 22.1. The van der Waals surface area contributed by atoms with Crippen molar-refractivity contribution >= 4 is 0 Å². The Labute approximate surface area is 123 Å². The average molecular weight is 270 g/mol. The zero-order valence-corrected chi connectivity index (χ0v) is 13.1. The third-order valence-electron chi connectivity index (χ3n) is 4.48. The van der Waals surface area contributed by atoms with Gasteiger partial charge >= 0.3 is 0 Å². The maximum atomic E-state index is 10.7. The number of hydrogen-bond acceptors (Lipinski definition) is 1. The quantitative estimate of drug-likeness (QED) is 0.821. The summed E-state index contributed by atoms with van der Waals surface area (Å²) in [4.78, 5) is 0. The average Bonchev–Trinajstić information content (AvgIpc) is 2.38. The van der Waals surface area contributed by atoms with Gasteiger partial charge in [-0.25, -0.2) is 0 Å². The highest BCUT2D eigenvalue weighted by atomic mass is 16.3. The van der Waals surface area contributed by atoms with E-state index in [1.54, 1.807) is 0 Å². The van der Waals surface area contributed by atoms with Gasteiger partial charge in [0.25, 0.3) is 0 Å². The first kappa shape index (κ1) is 15.1. The summed E-state index contributed by atoms with van der Waals surface area (Å²) < 4.78 is 0. The summed E-state index contributed by atoms with van der Waals surface area (Å²) in [5.41, 5.74) is 3.08. The van der Waals surface area contributed by atoms with Gasteiger partial charge in [0.1, 0.15) is 5.60 Å². The fraction of sp³-hybridized carbons (Fsp3) is 0.474. The summed E-state index contributed by atoms with van der Waals surface area (Å²) >= 11 is 0. The smallest absolute Gasteiger partial charge is 0.105 e. The predicted molar refractivity (Wildman–Crippen MR) is 85.5 cm³/mol. The van der Waals surface area contributed by atoms with Crippen molar-refractivity contribution in [3.8, 4) is 0 Å². The maximum absolute atomic E-state index is 10.7. The van der Waals surface area contributed by atoms with Gasteiger partial charge in [-0.05, 0) is 55.7 Å². The Balaban J connectivity index is 2.29. The second-order valence-corrected chi connectivity index (χ2v) is 6.78. The van der Waals surface area contributed by atoms with E-state index >= 15 is 0 Å². The number of rotatable bonds is 3. The minimum atomic E-state index is -0.915. The van der Waals surface area contributed by atoms with Crippen molar-refractivity contribution in [1.82, 2.24) is 0 Å². The highest BCUT2D eigenvalue weighted by Gasteiger charge is 2.27. The van der Waals surface area contributed by atoms with Gasteiger partial charge in [-0.1, -0.05) is 55.8 Å². The van der Waals surface area contributed by atoms with Gasteiger partial charge < -0.3 is 5.11 Å². The lowest BCUT2D eigenvalue weighted by Crippen LogP contribution is -2.21. The third-order valence-corrected chi connectivity index (χ3v) is 4.48. The van der Waals surface area contributed by atoms with Gasteiger partial charge in [-0.2, -0.15) is 0 Å². The summed E-state index contributed by atoms with van der Waals surface area (Å²) in [7, 11) is 0. The van der Waals surface area contributed by atoms with E-state index in [9.17, 15) is 5.11 Å². The van der Waals surface area contributed by atoms with E-state index in [1.807, 2.05) is 43.3 Å². The Morgan fingerprint density at radius 2 is 1.85 bits per heavy atom. The van der Waals surface area contributed by atoms with Crippen molar-refractivity contribution in [3.63, 3.8) is 0 Å². The Morgan fingerprint density at radius 1 is 1.20 bits per heavy atom. The van der Waals surface area contributed by atoms with Crippen molar-refractivity contribution in [2.75, 3.05) is 0 Å². The van der Waals surface area contributed by atoms with Crippen molar-refractivity contribution in [3.05, 3.63) is 59.2 Å². The lowest BCUT2D eigenvalue weighted by molar-refractivity contribution is 0.111. The van der Waals surface area contributed by atoms with Crippen LogP contribution in [0.4, 0.5) is 0 Å². The number of benzene rings is 1. The molecule has 1 aromatic rings. The van der Waals surface area contributed by atoms with Crippen molar-refractivity contribution < 1.29 is 5.11 Å². The van der Waals surface area contributed by atoms with Crippen LogP contribution in [0.25, 0.3) is 0 Å². The first-order valence-electron chi connectivity index (χ1n) is 7.50. The molecule has 2 rings (SSSR count). The van der Waals surface area contributed by atoms with Crippen LogP contribution in [0, 0.1) is 5.41 Å². The fourth-order valence-electron chi connectivity index (χ4n) is 3.13. The van der Waals surface area contributed by atoms with Gasteiger partial charge in [0.15, 0.2) is 0 Å². The number of aliphatic hydroxyl groups is 1. The molecule has 1 unspecified atom stereocenters. The molecule has 1 atom stereocenters. The molecule has 20 heavy (non-hydrogen) atoms. The number of hydrogen-bond donors (Lipinski definition) is 1. The topological polar surface area (TPSA) is 20.2 Å². The summed E-state index contributed by atoms with van der Waals surface area (Å²) in [6, 6.07) is 9.84. The van der Waals surface area contributed by atoms with E-state index < -0.39 is 5.60 Å². The molecular formula is C19H26O. The Kier molecular flexibility index (Phi) is 4.19. The summed E-state index contributed by atoms with van der Waals surface area (Å²) in [6.45, 7) is 8.67. The molecule has 0 saturated heterocycles. The van der Waals surface area contributed by atoms with Crippen LogP contribution in [-0.4, -0.2) is 5.11 Å². The van der Waals surface area contributed by atoms with Gasteiger partial charge in [0, 0.05) is 0 Å². The highest BCUT2D eigenvalue weighted by Crippen LogP contribution is 2.41. The van der Waals surface area contributed by atoms with Crippen LogP contribution in [0.3, 0.4) is 0 Å². The van der Waals surface area contributed by atoms with Crippen LogP contribution >= 0.6 is 0 Å². The monoisotopic (exact) mass is 270 g/mol. The summed E-state index contributed by atoms with van der Waals surface area (Å²) in [5, 5.41) is 10.7. The van der Waals surface area contributed by atoms with Crippen LogP contribution in [0.15, 0.2) is 53.6 Å². The standard InChI is InChI=1S/C19H26O/c1-15-9-8-13-18(2,3)17(15)12-14-19(4,20)16-10-6-5-7-11-16/h5-7,10-12,14,20H,8-9,13H2,1-4H3. The molecule has 1 heteroatoms. The van der Waals surface area contributed by atoms with E-state index in [0.29, 0.717) is 0 Å². The minimum Gasteiger partial charge on any atom is -0.381 e. The van der Waals surface area contributed by atoms with Crippen molar-refractivity contribution in [1.29, 1.82) is 0 Å². The maximum Gasteiger partial charge on any atom is 0.105 e. The molecule has 1 aromatic carbocycles. The molecule has 0 bridgehead atoms. The van der Waals surface area contributed by atoms with E-state index in [4.69, 9.17) is 0 Å². The first-order valence-corrected chi connectivity index (χ1v) is 7.50. The van der Waals surface area contributed by atoms with Gasteiger partial charge in [0.05, 0.1) is 0 Å². The lowest BCUT2D eigenvalue weighted by atomic mass is 9.72. The molecule has 0 amide bonds. The molecule has 1 aliphatic rings. The molecule has 1 aliphatic carbocycles. The van der Waals surface area contributed by atoms with E-state index in [1.165, 1.54) is 30.4 Å². The third kappa shape index (κ3) is 3.21. The van der Waals surface area contributed by atoms with E-state index in [0.717, 1.165) is 5.56 Å². The van der Waals surface area contributed by atoms with E-state index in [2.05, 4.69) is 26.8 Å². The lowest BCUT2D eigenvalue weighted by Gasteiger charge is -2.33. The second-order valence-electron chi connectivity index (χ2n) is 6.78. The van der Waals surface area contributed by atoms with Crippen LogP contribution in [-0.2, 0) is 5.60 Å². The second kappa shape index (κ2) is 5.57. The SMILES string of the molecule is CC1=C(C=CC(C)(O)c2ccccc2)C(C)(C)CCC1. The molecule has 0 saturated carbocycles. The van der Waals surface area contributed by atoms with Gasteiger partial charge in [-0.15, -0.1) is 0 Å². The molecule has 0 heterocycles. The molecule has 0 spiro atoms. The van der Waals surface area contributed by atoms with Crippen LogP contribution in [0.5, 0.6) is 0 Å². The van der Waals surface area contributed by atoms with Crippen LogP contribution < -0.4 is 0 Å².